The third-order valence-electron chi connectivity index (χ3n) is 4.65. The second-order valence-corrected chi connectivity index (χ2v) is 7.64. The lowest BCUT2D eigenvalue weighted by Crippen LogP contribution is -2.23. The second-order valence-electron chi connectivity index (χ2n) is 6.63. The van der Waals surface area contributed by atoms with Crippen LogP contribution in [0.15, 0.2) is 53.8 Å². The van der Waals surface area contributed by atoms with Gasteiger partial charge in [0, 0.05) is 5.56 Å². The van der Waals surface area contributed by atoms with Gasteiger partial charge in [-0.2, -0.15) is 9.50 Å². The van der Waals surface area contributed by atoms with Crippen LogP contribution in [-0.4, -0.2) is 42.5 Å². The highest BCUT2D eigenvalue weighted by molar-refractivity contribution is 7.15. The first-order chi connectivity index (χ1) is 15.6. The largest absolute Gasteiger partial charge is 0.493 e. The van der Waals surface area contributed by atoms with Crippen molar-refractivity contribution in [2.75, 3.05) is 27.9 Å². The molecule has 0 fully saturated rings. The number of hydrogen-bond acceptors (Lipinski definition) is 8. The molecular weight excluding hydrogens is 430 g/mol. The van der Waals surface area contributed by atoms with Gasteiger partial charge in [0.25, 0.3) is 5.56 Å². The molecule has 0 atom stereocenters. The van der Waals surface area contributed by atoms with Crippen molar-refractivity contribution >= 4 is 22.4 Å². The Morgan fingerprint density at radius 3 is 2.31 bits per heavy atom. The lowest BCUT2D eigenvalue weighted by molar-refractivity contribution is 0.324. The molecule has 0 unspecified atom stereocenters. The molecule has 0 aliphatic carbocycles. The zero-order valence-electron chi connectivity index (χ0n) is 17.8. The minimum Gasteiger partial charge on any atom is -0.493 e. The van der Waals surface area contributed by atoms with Crippen LogP contribution < -0.4 is 29.0 Å². The SMILES string of the molecule is C=CCOc1ccc(-c2nc3s/c(=C\c4cc(OC)c(OC)c(OC)c4)c(=O)n3n2)cc1. The highest BCUT2D eigenvalue weighted by Crippen LogP contribution is 2.38. The maximum atomic E-state index is 12.9. The van der Waals surface area contributed by atoms with Gasteiger partial charge in [-0.05, 0) is 48.0 Å². The Hall–Kier alpha value is -3.85. The third kappa shape index (κ3) is 4.02. The summed E-state index contributed by atoms with van der Waals surface area (Å²) in [5.41, 5.74) is 1.28. The molecule has 164 valence electrons. The van der Waals surface area contributed by atoms with E-state index in [0.717, 1.165) is 16.9 Å². The lowest BCUT2D eigenvalue weighted by Gasteiger charge is -2.12. The first kappa shape index (κ1) is 21.4. The fourth-order valence-electron chi connectivity index (χ4n) is 3.15. The maximum absolute atomic E-state index is 12.9. The summed E-state index contributed by atoms with van der Waals surface area (Å²) in [6.07, 6.45) is 3.43. The smallest absolute Gasteiger partial charge is 0.291 e. The van der Waals surface area contributed by atoms with Crippen LogP contribution in [-0.2, 0) is 0 Å². The van der Waals surface area contributed by atoms with Crippen molar-refractivity contribution in [3.8, 4) is 34.4 Å². The van der Waals surface area contributed by atoms with Crippen LogP contribution in [0, 0.1) is 0 Å². The van der Waals surface area contributed by atoms with E-state index in [1.54, 1.807) is 45.6 Å². The Morgan fingerprint density at radius 1 is 1.06 bits per heavy atom. The summed E-state index contributed by atoms with van der Waals surface area (Å²) >= 11 is 1.26. The third-order valence-corrected chi connectivity index (χ3v) is 5.61. The van der Waals surface area contributed by atoms with E-state index >= 15 is 0 Å². The molecule has 9 heteroatoms. The van der Waals surface area contributed by atoms with Crippen LogP contribution in [0.2, 0.25) is 0 Å². The van der Waals surface area contributed by atoms with Crippen molar-refractivity contribution in [3.63, 3.8) is 0 Å². The monoisotopic (exact) mass is 451 g/mol. The average molecular weight is 452 g/mol. The molecule has 2 heterocycles. The summed E-state index contributed by atoms with van der Waals surface area (Å²) in [6, 6.07) is 10.9. The molecule has 2 aromatic carbocycles. The van der Waals surface area contributed by atoms with Crippen LogP contribution >= 0.6 is 11.3 Å². The Labute approximate surface area is 188 Å². The maximum Gasteiger partial charge on any atom is 0.291 e. The number of methoxy groups -OCH3 is 3. The highest BCUT2D eigenvalue weighted by Gasteiger charge is 2.15. The molecule has 0 saturated carbocycles. The number of nitrogens with zero attached hydrogens (tertiary/aromatic N) is 3. The van der Waals surface area contributed by atoms with Gasteiger partial charge >= 0.3 is 0 Å². The van der Waals surface area contributed by atoms with Gasteiger partial charge in [-0.1, -0.05) is 24.0 Å². The fraction of sp³-hybridized carbons (Fsp3) is 0.174. The summed E-state index contributed by atoms with van der Waals surface area (Å²) in [6.45, 7) is 4.06. The summed E-state index contributed by atoms with van der Waals surface area (Å²) in [5.74, 6) is 2.70. The van der Waals surface area contributed by atoms with E-state index in [4.69, 9.17) is 18.9 Å². The topological polar surface area (TPSA) is 84.2 Å². The minimum absolute atomic E-state index is 0.247. The fourth-order valence-corrected chi connectivity index (χ4v) is 4.06. The van der Waals surface area contributed by atoms with Crippen molar-refractivity contribution in [1.29, 1.82) is 0 Å². The zero-order chi connectivity index (χ0) is 22.7. The first-order valence-corrected chi connectivity index (χ1v) is 10.4. The summed E-state index contributed by atoms with van der Waals surface area (Å²) in [7, 11) is 4.63. The van der Waals surface area contributed by atoms with Crippen molar-refractivity contribution < 1.29 is 18.9 Å². The Bertz CT molecular complexity index is 1350. The molecule has 0 radical (unpaired) electrons. The van der Waals surface area contributed by atoms with Gasteiger partial charge in [0.2, 0.25) is 10.7 Å². The molecule has 32 heavy (non-hydrogen) atoms. The second kappa shape index (κ2) is 9.11. The highest BCUT2D eigenvalue weighted by atomic mass is 32.1. The van der Waals surface area contributed by atoms with E-state index in [9.17, 15) is 4.79 Å². The van der Waals surface area contributed by atoms with E-state index in [2.05, 4.69) is 16.7 Å². The molecule has 2 aromatic heterocycles. The number of benzene rings is 2. The van der Waals surface area contributed by atoms with Crippen molar-refractivity contribution in [3.05, 3.63) is 69.5 Å². The van der Waals surface area contributed by atoms with Crippen molar-refractivity contribution in [1.82, 2.24) is 14.6 Å². The predicted molar refractivity (Wildman–Crippen MR) is 123 cm³/mol. The lowest BCUT2D eigenvalue weighted by atomic mass is 10.1. The van der Waals surface area contributed by atoms with Crippen LogP contribution in [0.3, 0.4) is 0 Å². The number of fused-ring (bicyclic) bond motifs is 1. The molecule has 0 aliphatic heterocycles. The Morgan fingerprint density at radius 2 is 1.75 bits per heavy atom. The van der Waals surface area contributed by atoms with Gasteiger partial charge in [-0.25, -0.2) is 0 Å². The van der Waals surface area contributed by atoms with Crippen molar-refractivity contribution in [2.24, 2.45) is 0 Å². The van der Waals surface area contributed by atoms with E-state index in [0.29, 0.717) is 39.2 Å². The van der Waals surface area contributed by atoms with Crippen LogP contribution in [0.4, 0.5) is 0 Å². The Balaban J connectivity index is 1.70. The van der Waals surface area contributed by atoms with Crippen LogP contribution in [0.25, 0.3) is 22.4 Å². The number of aromatic nitrogens is 3. The van der Waals surface area contributed by atoms with E-state index in [1.807, 2.05) is 24.3 Å². The van der Waals surface area contributed by atoms with Crippen molar-refractivity contribution in [2.45, 2.75) is 0 Å². The normalized spacial score (nSPS) is 11.5. The minimum atomic E-state index is -0.247. The standard InChI is InChI=1S/C23H21N3O5S/c1-5-10-31-16-8-6-15(7-9-16)21-24-23-26(25-21)22(27)19(32-23)13-14-11-17(28-2)20(30-4)18(12-14)29-3/h5-9,11-13H,1,10H2,2-4H3/b19-13-. The molecular formula is C23H21N3O5S. The first-order valence-electron chi connectivity index (χ1n) is 9.63. The molecule has 0 amide bonds. The van der Waals surface area contributed by atoms with Gasteiger partial charge in [-0.15, -0.1) is 5.10 Å². The summed E-state index contributed by atoms with van der Waals surface area (Å²) in [5, 5.41) is 4.39. The van der Waals surface area contributed by atoms with E-state index in [-0.39, 0.29) is 5.56 Å². The van der Waals surface area contributed by atoms with E-state index in [1.165, 1.54) is 15.9 Å². The molecule has 0 N–H and O–H groups in total. The number of hydrogen-bond donors (Lipinski definition) is 0. The van der Waals surface area contributed by atoms with Gasteiger partial charge in [0.05, 0.1) is 25.9 Å². The summed E-state index contributed by atoms with van der Waals surface area (Å²) < 4.78 is 23.4. The van der Waals surface area contributed by atoms with Gasteiger partial charge in [-0.3, -0.25) is 4.79 Å². The molecule has 0 spiro atoms. The van der Waals surface area contributed by atoms with Gasteiger partial charge in [0.1, 0.15) is 12.4 Å². The van der Waals surface area contributed by atoms with E-state index < -0.39 is 0 Å². The van der Waals surface area contributed by atoms with Gasteiger partial charge < -0.3 is 18.9 Å². The molecule has 0 aliphatic rings. The molecule has 0 saturated heterocycles. The number of thiazole rings is 1. The Kier molecular flexibility index (Phi) is 6.09. The molecule has 4 aromatic rings. The molecule has 4 rings (SSSR count). The zero-order valence-corrected chi connectivity index (χ0v) is 18.6. The number of rotatable bonds is 8. The average Bonchev–Trinajstić information content (AvgIpc) is 3.36. The van der Waals surface area contributed by atoms with Crippen LogP contribution in [0.1, 0.15) is 5.56 Å². The quantitative estimate of drug-likeness (QED) is 0.381. The number of ether oxygens (including phenoxy) is 4. The van der Waals surface area contributed by atoms with Gasteiger partial charge in [0.15, 0.2) is 17.3 Å². The van der Waals surface area contributed by atoms with Crippen LogP contribution in [0.5, 0.6) is 23.0 Å². The predicted octanol–water partition coefficient (Wildman–Crippen LogP) is 2.96. The molecule has 0 bridgehead atoms. The summed E-state index contributed by atoms with van der Waals surface area (Å²) in [4.78, 5) is 17.9. The molecule has 8 nitrogen and oxygen atoms in total.